The summed E-state index contributed by atoms with van der Waals surface area (Å²) in [5.74, 6) is -3.33. The molecule has 126 valence electrons. The van der Waals surface area contributed by atoms with Gasteiger partial charge < -0.3 is 31.9 Å². The number of amides is 3. The minimum Gasteiger partial charge on any atom is -0.480 e. The molecule has 0 bridgehead atoms. The molecule has 22 heavy (non-hydrogen) atoms. The van der Waals surface area contributed by atoms with Crippen LogP contribution < -0.4 is 21.7 Å². The van der Waals surface area contributed by atoms with Crippen LogP contribution in [0.3, 0.4) is 0 Å². The smallest absolute Gasteiger partial charge is 0.328 e. The van der Waals surface area contributed by atoms with E-state index in [4.69, 9.17) is 10.8 Å². The van der Waals surface area contributed by atoms with E-state index < -0.39 is 47.9 Å². The second-order valence-electron chi connectivity index (χ2n) is 4.86. The van der Waals surface area contributed by atoms with Crippen LogP contribution in [-0.4, -0.2) is 64.7 Å². The largest absolute Gasteiger partial charge is 0.480 e. The molecule has 3 amide bonds. The molecule has 0 aliphatic carbocycles. The molecule has 0 rings (SSSR count). The first kappa shape index (κ1) is 19.8. The number of rotatable bonds is 8. The molecule has 0 heterocycles. The number of carboxylic acids is 1. The molecule has 0 radical (unpaired) electrons. The third-order valence-corrected chi connectivity index (χ3v) is 2.65. The molecule has 0 aliphatic rings. The van der Waals surface area contributed by atoms with Crippen molar-refractivity contribution >= 4 is 23.7 Å². The van der Waals surface area contributed by atoms with E-state index in [0.717, 1.165) is 0 Å². The van der Waals surface area contributed by atoms with Crippen molar-refractivity contribution in [2.75, 3.05) is 6.54 Å². The van der Waals surface area contributed by atoms with Crippen molar-refractivity contribution in [3.05, 3.63) is 0 Å². The van der Waals surface area contributed by atoms with Gasteiger partial charge >= 0.3 is 5.97 Å². The first-order chi connectivity index (χ1) is 10.1. The molecule has 0 spiro atoms. The summed E-state index contributed by atoms with van der Waals surface area (Å²) in [5.41, 5.74) is 5.30. The maximum Gasteiger partial charge on any atom is 0.328 e. The highest BCUT2D eigenvalue weighted by molar-refractivity contribution is 5.92. The predicted octanol–water partition coefficient (Wildman–Crippen LogP) is -3.10. The molecule has 0 aromatic carbocycles. The summed E-state index contributed by atoms with van der Waals surface area (Å²) in [6, 6.07) is -3.29. The van der Waals surface area contributed by atoms with Gasteiger partial charge in [0.15, 0.2) is 6.04 Å². The summed E-state index contributed by atoms with van der Waals surface area (Å²) in [5, 5.41) is 24.7. The lowest BCUT2D eigenvalue weighted by Crippen LogP contribution is -2.54. The van der Waals surface area contributed by atoms with Gasteiger partial charge in [0.05, 0.1) is 18.7 Å². The lowest BCUT2D eigenvalue weighted by atomic mass is 10.1. The summed E-state index contributed by atoms with van der Waals surface area (Å²) < 4.78 is 0. The SMILES string of the molecule is CC(N)C(=O)NCC(=O)NC(C)C(=O)NC(C(=O)O)C(C)O. The van der Waals surface area contributed by atoms with Gasteiger partial charge in [-0.15, -0.1) is 0 Å². The average Bonchev–Trinajstić information content (AvgIpc) is 2.40. The number of carboxylic acid groups (broad SMARTS) is 1. The van der Waals surface area contributed by atoms with Crippen LogP contribution >= 0.6 is 0 Å². The Hall–Kier alpha value is -2.20. The fourth-order valence-corrected chi connectivity index (χ4v) is 1.35. The molecular weight excluding hydrogens is 296 g/mol. The molecule has 0 aromatic rings. The van der Waals surface area contributed by atoms with E-state index in [0.29, 0.717) is 0 Å². The number of aliphatic hydroxyl groups excluding tert-OH is 1. The number of carbonyl (C=O) groups is 4. The summed E-state index contributed by atoms with van der Waals surface area (Å²) in [6.07, 6.45) is -1.30. The second-order valence-corrected chi connectivity index (χ2v) is 4.86. The monoisotopic (exact) mass is 318 g/mol. The molecule has 0 saturated carbocycles. The number of nitrogens with two attached hydrogens (primary N) is 1. The van der Waals surface area contributed by atoms with Gasteiger partial charge in [-0.3, -0.25) is 14.4 Å². The second kappa shape index (κ2) is 8.95. The fourth-order valence-electron chi connectivity index (χ4n) is 1.35. The molecule has 0 fully saturated rings. The number of hydrogen-bond acceptors (Lipinski definition) is 6. The number of aliphatic hydroxyl groups is 1. The number of nitrogens with one attached hydrogen (secondary N) is 3. The van der Waals surface area contributed by atoms with Gasteiger partial charge in [0.25, 0.3) is 0 Å². The van der Waals surface area contributed by atoms with E-state index in [1.165, 1.54) is 20.8 Å². The fraction of sp³-hybridized carbons (Fsp3) is 0.667. The Morgan fingerprint density at radius 3 is 2.00 bits per heavy atom. The molecule has 0 aromatic heterocycles. The predicted molar refractivity (Wildman–Crippen MR) is 75.5 cm³/mol. The van der Waals surface area contributed by atoms with Crippen molar-refractivity contribution in [3.8, 4) is 0 Å². The Balaban J connectivity index is 4.38. The minimum atomic E-state index is -1.48. The first-order valence-corrected chi connectivity index (χ1v) is 6.60. The highest BCUT2D eigenvalue weighted by Gasteiger charge is 2.27. The Morgan fingerprint density at radius 2 is 1.59 bits per heavy atom. The van der Waals surface area contributed by atoms with E-state index in [1.807, 2.05) is 0 Å². The van der Waals surface area contributed by atoms with E-state index in [2.05, 4.69) is 16.0 Å². The zero-order valence-corrected chi connectivity index (χ0v) is 12.6. The summed E-state index contributed by atoms with van der Waals surface area (Å²) in [7, 11) is 0. The zero-order valence-electron chi connectivity index (χ0n) is 12.6. The van der Waals surface area contributed by atoms with Gasteiger partial charge in [-0.25, -0.2) is 4.79 Å². The van der Waals surface area contributed by atoms with Gasteiger partial charge in [0, 0.05) is 0 Å². The molecule has 4 atom stereocenters. The van der Waals surface area contributed by atoms with Gasteiger partial charge in [0.1, 0.15) is 6.04 Å². The minimum absolute atomic E-state index is 0.364. The molecule has 0 saturated heterocycles. The topological polar surface area (TPSA) is 171 Å². The van der Waals surface area contributed by atoms with Crippen molar-refractivity contribution in [1.82, 2.24) is 16.0 Å². The van der Waals surface area contributed by atoms with E-state index in [9.17, 15) is 24.3 Å². The van der Waals surface area contributed by atoms with E-state index in [1.54, 1.807) is 0 Å². The molecule has 4 unspecified atom stereocenters. The molecule has 10 heteroatoms. The summed E-state index contributed by atoms with van der Waals surface area (Å²) >= 11 is 0. The zero-order chi connectivity index (χ0) is 17.4. The van der Waals surface area contributed by atoms with Crippen LogP contribution in [0.2, 0.25) is 0 Å². The number of hydrogen-bond donors (Lipinski definition) is 6. The number of carbonyl (C=O) groups excluding carboxylic acids is 3. The van der Waals surface area contributed by atoms with Crippen LogP contribution in [0.1, 0.15) is 20.8 Å². The van der Waals surface area contributed by atoms with E-state index >= 15 is 0 Å². The lowest BCUT2D eigenvalue weighted by molar-refractivity contribution is -0.145. The van der Waals surface area contributed by atoms with Crippen LogP contribution in [0.15, 0.2) is 0 Å². The molecule has 10 nitrogen and oxygen atoms in total. The van der Waals surface area contributed by atoms with Gasteiger partial charge in [-0.1, -0.05) is 0 Å². The van der Waals surface area contributed by atoms with E-state index in [-0.39, 0.29) is 6.54 Å². The normalized spacial score (nSPS) is 15.9. The lowest BCUT2D eigenvalue weighted by Gasteiger charge is -2.20. The Labute approximate surface area is 127 Å². The van der Waals surface area contributed by atoms with Crippen molar-refractivity contribution in [1.29, 1.82) is 0 Å². The molecule has 0 aliphatic heterocycles. The third-order valence-electron chi connectivity index (χ3n) is 2.65. The van der Waals surface area contributed by atoms with Crippen molar-refractivity contribution in [3.63, 3.8) is 0 Å². The first-order valence-electron chi connectivity index (χ1n) is 6.60. The average molecular weight is 318 g/mol. The Morgan fingerprint density at radius 1 is 1.05 bits per heavy atom. The van der Waals surface area contributed by atoms with Crippen LogP contribution in [0, 0.1) is 0 Å². The molecular formula is C12H22N4O6. The van der Waals surface area contributed by atoms with Crippen molar-refractivity contribution < 1.29 is 29.4 Å². The summed E-state index contributed by atoms with van der Waals surface area (Å²) in [4.78, 5) is 45.3. The number of aliphatic carboxylic acids is 1. The quantitative estimate of drug-likeness (QED) is 0.275. The van der Waals surface area contributed by atoms with Gasteiger partial charge in [-0.05, 0) is 20.8 Å². The summed E-state index contributed by atoms with van der Waals surface area (Å²) in [6.45, 7) is 3.63. The molecule has 7 N–H and O–H groups in total. The third kappa shape index (κ3) is 6.99. The Bertz CT molecular complexity index is 437. The van der Waals surface area contributed by atoms with Crippen LogP contribution in [0.5, 0.6) is 0 Å². The Kier molecular flexibility index (Phi) is 8.05. The van der Waals surface area contributed by atoms with Gasteiger partial charge in [-0.2, -0.15) is 0 Å². The van der Waals surface area contributed by atoms with Crippen LogP contribution in [0.25, 0.3) is 0 Å². The maximum absolute atomic E-state index is 11.7. The standard InChI is InChI=1S/C12H22N4O6/c1-5(13)10(19)14-4-8(18)15-6(2)11(20)16-9(7(3)17)12(21)22/h5-7,9,17H,4,13H2,1-3H3,(H,14,19)(H,15,18)(H,16,20)(H,21,22). The highest BCUT2D eigenvalue weighted by Crippen LogP contribution is 1.94. The van der Waals surface area contributed by atoms with Crippen LogP contribution in [-0.2, 0) is 19.2 Å². The maximum atomic E-state index is 11.7. The van der Waals surface area contributed by atoms with Gasteiger partial charge in [0.2, 0.25) is 17.7 Å². The van der Waals surface area contributed by atoms with Crippen LogP contribution in [0.4, 0.5) is 0 Å². The van der Waals surface area contributed by atoms with Crippen molar-refractivity contribution in [2.24, 2.45) is 5.73 Å². The van der Waals surface area contributed by atoms with Crippen molar-refractivity contribution in [2.45, 2.75) is 45.0 Å². The highest BCUT2D eigenvalue weighted by atomic mass is 16.4.